The molecule has 0 fully saturated rings. The molecule has 0 aromatic heterocycles. The number of aryl methyl sites for hydroxylation is 1. The summed E-state index contributed by atoms with van der Waals surface area (Å²) >= 11 is 0. The minimum Gasteiger partial charge on any atom is -0.494 e. The molecule has 1 rings (SSSR count). The highest BCUT2D eigenvalue weighted by Crippen LogP contribution is 2.12. The quantitative estimate of drug-likeness (QED) is 0.672. The molecule has 0 amide bonds. The minimum atomic E-state index is 0.794. The van der Waals surface area contributed by atoms with Crippen LogP contribution in [0.4, 0.5) is 0 Å². The molecule has 0 saturated heterocycles. The van der Waals surface area contributed by atoms with E-state index in [-0.39, 0.29) is 0 Å². The molecule has 18 heavy (non-hydrogen) atoms. The Hall–Kier alpha value is -1.02. The first-order chi connectivity index (χ1) is 8.68. The third-order valence-corrected chi connectivity index (χ3v) is 2.90. The summed E-state index contributed by atoms with van der Waals surface area (Å²) in [7, 11) is 0. The zero-order chi connectivity index (χ0) is 13.2. The standard InChI is InChI=1S/C16H27NO/c1-14(2)9-11-17-10-4-5-12-18-16-8-6-7-15(3)13-16/h6-8,13-14,17H,4-5,9-12H2,1-3H3. The van der Waals surface area contributed by atoms with Crippen molar-refractivity contribution in [2.75, 3.05) is 19.7 Å². The Morgan fingerprint density at radius 2 is 2.00 bits per heavy atom. The fourth-order valence-electron chi connectivity index (χ4n) is 1.76. The molecule has 0 heterocycles. The van der Waals surface area contributed by atoms with Crippen LogP contribution in [0.5, 0.6) is 5.75 Å². The molecule has 0 atom stereocenters. The summed E-state index contributed by atoms with van der Waals surface area (Å²) in [6, 6.07) is 8.23. The first-order valence-electron chi connectivity index (χ1n) is 7.08. The molecular formula is C16H27NO. The van der Waals surface area contributed by atoms with Crippen molar-refractivity contribution < 1.29 is 4.74 Å². The fraction of sp³-hybridized carbons (Fsp3) is 0.625. The van der Waals surface area contributed by atoms with Gasteiger partial charge in [-0.15, -0.1) is 0 Å². The van der Waals surface area contributed by atoms with Crippen LogP contribution in [0.2, 0.25) is 0 Å². The second-order valence-corrected chi connectivity index (χ2v) is 5.30. The van der Waals surface area contributed by atoms with Crippen molar-refractivity contribution in [2.24, 2.45) is 5.92 Å². The van der Waals surface area contributed by atoms with E-state index in [0.717, 1.165) is 37.8 Å². The molecule has 0 saturated carbocycles. The smallest absolute Gasteiger partial charge is 0.119 e. The van der Waals surface area contributed by atoms with Crippen LogP contribution in [0.1, 0.15) is 38.7 Å². The van der Waals surface area contributed by atoms with Gasteiger partial charge in [-0.3, -0.25) is 0 Å². The first kappa shape index (κ1) is 15.0. The summed E-state index contributed by atoms with van der Waals surface area (Å²) in [5.74, 6) is 1.78. The van der Waals surface area contributed by atoms with Crippen molar-refractivity contribution in [3.8, 4) is 5.75 Å². The second kappa shape index (κ2) is 8.98. The molecule has 1 N–H and O–H groups in total. The lowest BCUT2D eigenvalue weighted by Crippen LogP contribution is -2.18. The van der Waals surface area contributed by atoms with E-state index < -0.39 is 0 Å². The van der Waals surface area contributed by atoms with Crippen LogP contribution >= 0.6 is 0 Å². The van der Waals surface area contributed by atoms with E-state index in [4.69, 9.17) is 4.74 Å². The maximum atomic E-state index is 5.70. The topological polar surface area (TPSA) is 21.3 Å². The third kappa shape index (κ3) is 7.33. The number of hydrogen-bond acceptors (Lipinski definition) is 2. The van der Waals surface area contributed by atoms with Gasteiger partial charge in [0.25, 0.3) is 0 Å². The van der Waals surface area contributed by atoms with Crippen LogP contribution in [-0.2, 0) is 0 Å². The Morgan fingerprint density at radius 1 is 1.17 bits per heavy atom. The maximum Gasteiger partial charge on any atom is 0.119 e. The van der Waals surface area contributed by atoms with Crippen LogP contribution in [-0.4, -0.2) is 19.7 Å². The lowest BCUT2D eigenvalue weighted by Gasteiger charge is -2.08. The van der Waals surface area contributed by atoms with Crippen molar-refractivity contribution >= 4 is 0 Å². The Balaban J connectivity index is 1.96. The van der Waals surface area contributed by atoms with Gasteiger partial charge in [-0.25, -0.2) is 0 Å². The lowest BCUT2D eigenvalue weighted by atomic mass is 10.1. The van der Waals surface area contributed by atoms with Crippen molar-refractivity contribution in [3.63, 3.8) is 0 Å². The number of nitrogens with one attached hydrogen (secondary N) is 1. The third-order valence-electron chi connectivity index (χ3n) is 2.90. The first-order valence-corrected chi connectivity index (χ1v) is 7.08. The van der Waals surface area contributed by atoms with Gasteiger partial charge in [0.2, 0.25) is 0 Å². The molecule has 0 radical (unpaired) electrons. The van der Waals surface area contributed by atoms with Crippen molar-refractivity contribution in [2.45, 2.75) is 40.0 Å². The molecule has 2 heteroatoms. The van der Waals surface area contributed by atoms with Crippen LogP contribution in [0.3, 0.4) is 0 Å². The molecule has 0 aliphatic heterocycles. The van der Waals surface area contributed by atoms with E-state index in [1.54, 1.807) is 0 Å². The Bertz CT molecular complexity index is 323. The Kier molecular flexibility index (Phi) is 7.51. The molecule has 0 unspecified atom stereocenters. The summed E-state index contributed by atoms with van der Waals surface area (Å²) in [6.07, 6.45) is 3.56. The van der Waals surface area contributed by atoms with Crippen LogP contribution < -0.4 is 10.1 Å². The van der Waals surface area contributed by atoms with Gasteiger partial charge in [-0.1, -0.05) is 26.0 Å². The molecule has 102 valence electrons. The highest BCUT2D eigenvalue weighted by atomic mass is 16.5. The number of benzene rings is 1. The Morgan fingerprint density at radius 3 is 2.72 bits per heavy atom. The maximum absolute atomic E-state index is 5.70. The van der Waals surface area contributed by atoms with Gasteiger partial charge in [-0.2, -0.15) is 0 Å². The average Bonchev–Trinajstić information content (AvgIpc) is 2.32. The van der Waals surface area contributed by atoms with Gasteiger partial charge >= 0.3 is 0 Å². The van der Waals surface area contributed by atoms with Gasteiger partial charge in [0, 0.05) is 0 Å². The predicted octanol–water partition coefficient (Wildman–Crippen LogP) is 3.79. The van der Waals surface area contributed by atoms with E-state index in [1.165, 1.54) is 18.4 Å². The molecule has 0 aliphatic rings. The number of rotatable bonds is 9. The van der Waals surface area contributed by atoms with Gasteiger partial charge in [-0.05, 0) is 62.9 Å². The van der Waals surface area contributed by atoms with E-state index >= 15 is 0 Å². The number of hydrogen-bond donors (Lipinski definition) is 1. The van der Waals surface area contributed by atoms with Gasteiger partial charge in [0.15, 0.2) is 0 Å². The van der Waals surface area contributed by atoms with E-state index in [2.05, 4.69) is 38.2 Å². The van der Waals surface area contributed by atoms with Crippen LogP contribution in [0.15, 0.2) is 24.3 Å². The monoisotopic (exact) mass is 249 g/mol. The Labute approximate surface area is 112 Å². The molecule has 2 nitrogen and oxygen atoms in total. The largest absolute Gasteiger partial charge is 0.494 e. The van der Waals surface area contributed by atoms with E-state index in [0.29, 0.717) is 0 Å². The summed E-state index contributed by atoms with van der Waals surface area (Å²) in [5.41, 5.74) is 1.25. The van der Waals surface area contributed by atoms with Crippen LogP contribution in [0, 0.1) is 12.8 Å². The van der Waals surface area contributed by atoms with E-state index in [9.17, 15) is 0 Å². The summed E-state index contributed by atoms with van der Waals surface area (Å²) in [5, 5.41) is 3.47. The number of ether oxygens (including phenoxy) is 1. The molecule has 0 aliphatic carbocycles. The minimum absolute atomic E-state index is 0.794. The molecule has 0 bridgehead atoms. The van der Waals surface area contributed by atoms with Crippen LogP contribution in [0.25, 0.3) is 0 Å². The zero-order valence-corrected chi connectivity index (χ0v) is 12.0. The normalized spacial score (nSPS) is 10.9. The molecule has 1 aromatic rings. The second-order valence-electron chi connectivity index (χ2n) is 5.30. The summed E-state index contributed by atoms with van der Waals surface area (Å²) in [4.78, 5) is 0. The van der Waals surface area contributed by atoms with Gasteiger partial charge in [0.05, 0.1) is 6.61 Å². The highest BCUT2D eigenvalue weighted by Gasteiger charge is 1.95. The molecular weight excluding hydrogens is 222 g/mol. The highest BCUT2D eigenvalue weighted by molar-refractivity contribution is 5.27. The van der Waals surface area contributed by atoms with Gasteiger partial charge in [0.1, 0.15) is 5.75 Å². The average molecular weight is 249 g/mol. The molecule has 1 aromatic carbocycles. The lowest BCUT2D eigenvalue weighted by molar-refractivity contribution is 0.305. The van der Waals surface area contributed by atoms with Crippen molar-refractivity contribution in [1.29, 1.82) is 0 Å². The van der Waals surface area contributed by atoms with Crippen molar-refractivity contribution in [1.82, 2.24) is 5.32 Å². The molecule has 0 spiro atoms. The predicted molar refractivity (Wildman–Crippen MR) is 78.2 cm³/mol. The van der Waals surface area contributed by atoms with Crippen molar-refractivity contribution in [3.05, 3.63) is 29.8 Å². The summed E-state index contributed by atoms with van der Waals surface area (Å²) < 4.78 is 5.70. The van der Waals surface area contributed by atoms with Gasteiger partial charge < -0.3 is 10.1 Å². The SMILES string of the molecule is Cc1cccc(OCCCCNCCC(C)C)c1. The fourth-order valence-corrected chi connectivity index (χ4v) is 1.76. The summed E-state index contributed by atoms with van der Waals surface area (Å²) in [6.45, 7) is 9.66. The van der Waals surface area contributed by atoms with E-state index in [1.807, 2.05) is 12.1 Å². The number of unbranched alkanes of at least 4 members (excludes halogenated alkanes) is 1. The zero-order valence-electron chi connectivity index (χ0n) is 12.0.